The van der Waals surface area contributed by atoms with Crippen LogP contribution in [-0.2, 0) is 15.8 Å². The summed E-state index contributed by atoms with van der Waals surface area (Å²) in [5, 5.41) is 0. The Hall–Kier alpha value is -1.07. The maximum Gasteiger partial charge on any atom is 0.218 e. The number of nitrogens with zero attached hydrogens (tertiary/aromatic N) is 1. The van der Waals surface area contributed by atoms with Crippen molar-refractivity contribution in [2.24, 2.45) is 0 Å². The van der Waals surface area contributed by atoms with Gasteiger partial charge in [0, 0.05) is 18.8 Å². The summed E-state index contributed by atoms with van der Waals surface area (Å²) in [5.74, 6) is -0.00727. The van der Waals surface area contributed by atoms with Gasteiger partial charge in [-0.2, -0.15) is 0 Å². The molecule has 0 unspecified atom stereocenters. The van der Waals surface area contributed by atoms with Crippen molar-refractivity contribution >= 4 is 15.7 Å². The number of nitrogens with two attached hydrogens (primary N) is 1. The lowest BCUT2D eigenvalue weighted by atomic mass is 10.2. The van der Waals surface area contributed by atoms with E-state index >= 15 is 0 Å². The van der Waals surface area contributed by atoms with Gasteiger partial charge >= 0.3 is 0 Å². The third kappa shape index (κ3) is 2.84. The zero-order valence-electron chi connectivity index (χ0n) is 10.7. The largest absolute Gasteiger partial charge is 0.398 e. The molecule has 4 nitrogen and oxygen atoms in total. The monoisotopic (exact) mass is 268 g/mol. The van der Waals surface area contributed by atoms with Gasteiger partial charge in [-0.1, -0.05) is 31.0 Å². The van der Waals surface area contributed by atoms with E-state index < -0.39 is 10.0 Å². The van der Waals surface area contributed by atoms with Gasteiger partial charge in [-0.15, -0.1) is 0 Å². The molecule has 1 aliphatic rings. The minimum atomic E-state index is -3.27. The summed E-state index contributed by atoms with van der Waals surface area (Å²) in [6.07, 6.45) is 4.19. The molecule has 0 spiro atoms. The van der Waals surface area contributed by atoms with Gasteiger partial charge in [0.1, 0.15) is 0 Å². The van der Waals surface area contributed by atoms with Crippen LogP contribution in [0.4, 0.5) is 5.69 Å². The summed E-state index contributed by atoms with van der Waals surface area (Å²) in [5.41, 5.74) is 7.02. The van der Waals surface area contributed by atoms with Crippen molar-refractivity contribution in [2.45, 2.75) is 37.5 Å². The van der Waals surface area contributed by atoms with Crippen LogP contribution in [0.15, 0.2) is 24.3 Å². The Bertz CT molecular complexity index is 507. The molecule has 0 aliphatic heterocycles. The lowest BCUT2D eigenvalue weighted by Crippen LogP contribution is -2.36. The van der Waals surface area contributed by atoms with Crippen LogP contribution >= 0.6 is 0 Å². The SMILES string of the molecule is CN(C1CCCC1)S(=O)(=O)Cc1ccccc1N. The predicted octanol–water partition coefficient (Wildman–Crippen LogP) is 1.97. The van der Waals surface area contributed by atoms with E-state index in [0.717, 1.165) is 25.7 Å². The summed E-state index contributed by atoms with van der Waals surface area (Å²) in [4.78, 5) is 0. The van der Waals surface area contributed by atoms with Gasteiger partial charge in [0.05, 0.1) is 5.75 Å². The molecule has 1 fully saturated rings. The summed E-state index contributed by atoms with van der Waals surface area (Å²) in [7, 11) is -1.58. The third-order valence-corrected chi connectivity index (χ3v) is 5.52. The number of hydrogen-bond acceptors (Lipinski definition) is 3. The summed E-state index contributed by atoms with van der Waals surface area (Å²) in [6, 6.07) is 7.30. The van der Waals surface area contributed by atoms with Crippen molar-refractivity contribution in [1.29, 1.82) is 0 Å². The Morgan fingerprint density at radius 2 is 1.89 bits per heavy atom. The first-order valence-electron chi connectivity index (χ1n) is 6.30. The number of sulfonamides is 1. The van der Waals surface area contributed by atoms with Gasteiger partial charge in [0.15, 0.2) is 0 Å². The Labute approximate surface area is 109 Å². The number of para-hydroxylation sites is 1. The second-order valence-electron chi connectivity index (χ2n) is 4.91. The number of benzene rings is 1. The van der Waals surface area contributed by atoms with Crippen molar-refractivity contribution < 1.29 is 8.42 Å². The quantitative estimate of drug-likeness (QED) is 0.849. The fourth-order valence-corrected chi connectivity index (χ4v) is 3.98. The van der Waals surface area contributed by atoms with Crippen molar-refractivity contribution in [2.75, 3.05) is 12.8 Å². The van der Waals surface area contributed by atoms with Crippen molar-refractivity contribution in [3.8, 4) is 0 Å². The second kappa shape index (κ2) is 5.28. The molecular formula is C13H20N2O2S. The Morgan fingerprint density at radius 3 is 2.50 bits per heavy atom. The fraction of sp³-hybridized carbons (Fsp3) is 0.538. The number of anilines is 1. The fourth-order valence-electron chi connectivity index (χ4n) is 2.46. The van der Waals surface area contributed by atoms with Crippen molar-refractivity contribution in [3.05, 3.63) is 29.8 Å². The van der Waals surface area contributed by atoms with Crippen LogP contribution < -0.4 is 5.73 Å². The standard InChI is InChI=1S/C13H20N2O2S/c1-15(12-7-3-4-8-12)18(16,17)10-11-6-2-5-9-13(11)14/h2,5-6,9,12H,3-4,7-8,10,14H2,1H3. The van der Waals surface area contributed by atoms with Gasteiger partial charge in [0.2, 0.25) is 10.0 Å². The molecule has 5 heteroatoms. The molecule has 0 radical (unpaired) electrons. The number of nitrogen functional groups attached to an aromatic ring is 1. The van der Waals surface area contributed by atoms with Crippen LogP contribution in [0.5, 0.6) is 0 Å². The highest BCUT2D eigenvalue weighted by Gasteiger charge is 2.28. The molecule has 0 saturated heterocycles. The zero-order chi connectivity index (χ0) is 13.2. The van der Waals surface area contributed by atoms with E-state index in [0.29, 0.717) is 11.3 Å². The number of rotatable bonds is 4. The molecule has 0 amide bonds. The smallest absolute Gasteiger partial charge is 0.218 e. The Kier molecular flexibility index (Phi) is 3.92. The van der Waals surface area contributed by atoms with Gasteiger partial charge in [-0.25, -0.2) is 12.7 Å². The summed E-state index contributed by atoms with van der Waals surface area (Å²) in [6.45, 7) is 0. The molecule has 0 bridgehead atoms. The first kappa shape index (κ1) is 13.4. The maximum absolute atomic E-state index is 12.3. The van der Waals surface area contributed by atoms with Crippen LogP contribution in [0.25, 0.3) is 0 Å². The molecule has 1 aromatic carbocycles. The van der Waals surface area contributed by atoms with E-state index in [1.807, 2.05) is 12.1 Å². The normalized spacial score (nSPS) is 17.4. The Morgan fingerprint density at radius 1 is 1.28 bits per heavy atom. The average molecular weight is 268 g/mol. The highest BCUT2D eigenvalue weighted by Crippen LogP contribution is 2.26. The molecule has 0 heterocycles. The van der Waals surface area contributed by atoms with E-state index in [-0.39, 0.29) is 11.8 Å². The minimum absolute atomic E-state index is 0.00727. The molecule has 2 rings (SSSR count). The first-order valence-corrected chi connectivity index (χ1v) is 7.91. The van der Waals surface area contributed by atoms with Gasteiger partial charge in [-0.05, 0) is 24.5 Å². The molecule has 0 aromatic heterocycles. The van der Waals surface area contributed by atoms with Gasteiger partial charge < -0.3 is 5.73 Å². The molecule has 1 aliphatic carbocycles. The second-order valence-corrected chi connectivity index (χ2v) is 6.94. The summed E-state index contributed by atoms with van der Waals surface area (Å²) >= 11 is 0. The maximum atomic E-state index is 12.3. The van der Waals surface area contributed by atoms with Gasteiger partial charge in [0.25, 0.3) is 0 Å². The topological polar surface area (TPSA) is 63.4 Å². The van der Waals surface area contributed by atoms with Crippen LogP contribution in [-0.4, -0.2) is 25.8 Å². The third-order valence-electron chi connectivity index (χ3n) is 3.67. The molecule has 1 saturated carbocycles. The van der Waals surface area contributed by atoms with Crippen LogP contribution in [0.3, 0.4) is 0 Å². The zero-order valence-corrected chi connectivity index (χ0v) is 11.5. The van der Waals surface area contributed by atoms with Crippen LogP contribution in [0.2, 0.25) is 0 Å². The molecular weight excluding hydrogens is 248 g/mol. The van der Waals surface area contributed by atoms with E-state index in [2.05, 4.69) is 0 Å². The molecule has 18 heavy (non-hydrogen) atoms. The van der Waals surface area contributed by atoms with Gasteiger partial charge in [-0.3, -0.25) is 0 Å². The van der Waals surface area contributed by atoms with E-state index in [1.165, 1.54) is 4.31 Å². The van der Waals surface area contributed by atoms with Crippen LogP contribution in [0.1, 0.15) is 31.2 Å². The highest BCUT2D eigenvalue weighted by atomic mass is 32.2. The van der Waals surface area contributed by atoms with E-state index in [1.54, 1.807) is 19.2 Å². The lowest BCUT2D eigenvalue weighted by Gasteiger charge is -2.23. The molecule has 2 N–H and O–H groups in total. The Balaban J connectivity index is 2.14. The van der Waals surface area contributed by atoms with Crippen molar-refractivity contribution in [3.63, 3.8) is 0 Å². The molecule has 100 valence electrons. The van der Waals surface area contributed by atoms with E-state index in [4.69, 9.17) is 5.73 Å². The lowest BCUT2D eigenvalue weighted by molar-refractivity contribution is 0.372. The molecule has 0 atom stereocenters. The highest BCUT2D eigenvalue weighted by molar-refractivity contribution is 7.88. The van der Waals surface area contributed by atoms with Crippen LogP contribution in [0, 0.1) is 0 Å². The predicted molar refractivity (Wildman–Crippen MR) is 73.5 cm³/mol. The average Bonchev–Trinajstić information content (AvgIpc) is 2.84. The molecule has 1 aromatic rings. The minimum Gasteiger partial charge on any atom is -0.398 e. The van der Waals surface area contributed by atoms with Crippen molar-refractivity contribution in [1.82, 2.24) is 4.31 Å². The van der Waals surface area contributed by atoms with E-state index in [9.17, 15) is 8.42 Å². The number of hydrogen-bond donors (Lipinski definition) is 1. The summed E-state index contributed by atoms with van der Waals surface area (Å²) < 4.78 is 26.2. The first-order chi connectivity index (χ1) is 8.50.